The number of ether oxygens (including phenoxy) is 2. The van der Waals surface area contributed by atoms with Crippen molar-refractivity contribution in [1.82, 2.24) is 10.2 Å². The topological polar surface area (TPSA) is 76.2 Å². The highest BCUT2D eigenvalue weighted by Crippen LogP contribution is 2.26. The minimum absolute atomic E-state index is 0.203. The van der Waals surface area contributed by atoms with Crippen molar-refractivity contribution >= 4 is 17.3 Å². The fraction of sp³-hybridized carbons (Fsp3) is 0.368. The summed E-state index contributed by atoms with van der Waals surface area (Å²) in [7, 11) is 1.62. The molecule has 1 fully saturated rings. The van der Waals surface area contributed by atoms with Gasteiger partial charge in [-0.05, 0) is 43.0 Å². The van der Waals surface area contributed by atoms with Gasteiger partial charge in [-0.2, -0.15) is 5.10 Å². The quantitative estimate of drug-likeness (QED) is 0.818. The molecule has 2 heterocycles. The number of H-pyrrole nitrogens is 1. The van der Waals surface area contributed by atoms with Crippen LogP contribution in [0.3, 0.4) is 0 Å². The average molecular weight is 341 g/mol. The Kier molecular flexibility index (Phi) is 5.50. The Balaban J connectivity index is 1.64. The number of carbonyl (C=O) groups is 1. The van der Waals surface area contributed by atoms with Crippen LogP contribution in [-0.4, -0.2) is 36.4 Å². The molecule has 1 aromatic carbocycles. The van der Waals surface area contributed by atoms with Gasteiger partial charge in [-0.1, -0.05) is 12.1 Å². The van der Waals surface area contributed by atoms with Crippen LogP contribution in [0.4, 0.5) is 5.82 Å². The van der Waals surface area contributed by atoms with Crippen molar-refractivity contribution in [3.63, 3.8) is 0 Å². The maximum Gasteiger partial charge on any atom is 0.249 e. The first-order valence-corrected chi connectivity index (χ1v) is 8.42. The number of allylic oxidation sites excluding steroid dienone is 1. The first-order valence-electron chi connectivity index (χ1n) is 8.42. The number of methoxy groups -OCH3 is 1. The number of anilines is 1. The molecule has 2 aromatic rings. The van der Waals surface area contributed by atoms with E-state index in [4.69, 9.17) is 9.47 Å². The lowest BCUT2D eigenvalue weighted by atomic mass is 9.97. The molecule has 1 amide bonds. The summed E-state index contributed by atoms with van der Waals surface area (Å²) in [5.41, 5.74) is 2.85. The van der Waals surface area contributed by atoms with Gasteiger partial charge in [0.1, 0.15) is 5.75 Å². The van der Waals surface area contributed by atoms with Crippen LogP contribution in [0.2, 0.25) is 0 Å². The van der Waals surface area contributed by atoms with Crippen molar-refractivity contribution in [3.8, 4) is 5.75 Å². The Morgan fingerprint density at radius 1 is 1.36 bits per heavy atom. The smallest absolute Gasteiger partial charge is 0.249 e. The molecule has 1 aliphatic heterocycles. The fourth-order valence-electron chi connectivity index (χ4n) is 2.93. The first kappa shape index (κ1) is 17.2. The number of nitrogens with zero attached hydrogens (tertiary/aromatic N) is 1. The Morgan fingerprint density at radius 3 is 2.92 bits per heavy atom. The molecule has 1 aliphatic rings. The highest BCUT2D eigenvalue weighted by Gasteiger charge is 2.18. The molecule has 0 atom stereocenters. The van der Waals surface area contributed by atoms with Gasteiger partial charge in [0.25, 0.3) is 0 Å². The minimum Gasteiger partial charge on any atom is -0.497 e. The maximum atomic E-state index is 12.2. The molecule has 0 unspecified atom stereocenters. The van der Waals surface area contributed by atoms with E-state index in [-0.39, 0.29) is 5.91 Å². The van der Waals surface area contributed by atoms with Crippen LogP contribution in [0.5, 0.6) is 5.75 Å². The zero-order valence-electron chi connectivity index (χ0n) is 14.5. The second-order valence-corrected chi connectivity index (χ2v) is 6.14. The maximum absolute atomic E-state index is 12.2. The monoisotopic (exact) mass is 341 g/mol. The summed E-state index contributed by atoms with van der Waals surface area (Å²) in [6, 6.07) is 9.52. The van der Waals surface area contributed by atoms with Gasteiger partial charge >= 0.3 is 0 Å². The fourth-order valence-corrected chi connectivity index (χ4v) is 2.93. The first-order chi connectivity index (χ1) is 12.2. The summed E-state index contributed by atoms with van der Waals surface area (Å²) in [6.45, 7) is 3.44. The van der Waals surface area contributed by atoms with Crippen molar-refractivity contribution < 1.29 is 14.3 Å². The van der Waals surface area contributed by atoms with Gasteiger partial charge in [-0.3, -0.25) is 9.89 Å². The van der Waals surface area contributed by atoms with E-state index in [1.54, 1.807) is 13.2 Å². The SMILES string of the molecule is COc1cccc(C(C)=CC(=O)Nc2cc(C3CCOCC3)[nH]n2)c1. The number of amides is 1. The minimum atomic E-state index is -0.203. The molecule has 6 heteroatoms. The molecule has 0 spiro atoms. The zero-order valence-corrected chi connectivity index (χ0v) is 14.5. The van der Waals surface area contributed by atoms with Gasteiger partial charge in [0, 0.05) is 37.0 Å². The van der Waals surface area contributed by atoms with E-state index in [0.29, 0.717) is 11.7 Å². The Morgan fingerprint density at radius 2 is 2.16 bits per heavy atom. The molecular formula is C19H23N3O3. The highest BCUT2D eigenvalue weighted by molar-refractivity contribution is 6.03. The van der Waals surface area contributed by atoms with Crippen molar-refractivity contribution in [3.05, 3.63) is 47.7 Å². The lowest BCUT2D eigenvalue weighted by Crippen LogP contribution is -2.14. The molecule has 0 saturated carbocycles. The van der Waals surface area contributed by atoms with E-state index in [1.165, 1.54) is 0 Å². The van der Waals surface area contributed by atoms with Crippen LogP contribution >= 0.6 is 0 Å². The Hall–Kier alpha value is -2.60. The molecule has 0 radical (unpaired) electrons. The average Bonchev–Trinajstić information content (AvgIpc) is 3.10. The van der Waals surface area contributed by atoms with E-state index in [9.17, 15) is 4.79 Å². The highest BCUT2D eigenvalue weighted by atomic mass is 16.5. The lowest BCUT2D eigenvalue weighted by Gasteiger charge is -2.20. The van der Waals surface area contributed by atoms with Gasteiger partial charge in [-0.15, -0.1) is 0 Å². The summed E-state index contributed by atoms with van der Waals surface area (Å²) in [6.07, 6.45) is 3.52. The third kappa shape index (κ3) is 4.48. The molecule has 1 saturated heterocycles. The molecule has 132 valence electrons. The molecule has 1 aromatic heterocycles. The van der Waals surface area contributed by atoms with E-state index < -0.39 is 0 Å². The largest absolute Gasteiger partial charge is 0.497 e. The predicted octanol–water partition coefficient (Wildman–Crippen LogP) is 3.35. The number of aromatic amines is 1. The summed E-state index contributed by atoms with van der Waals surface area (Å²) in [4.78, 5) is 12.2. The lowest BCUT2D eigenvalue weighted by molar-refractivity contribution is -0.111. The molecule has 2 N–H and O–H groups in total. The molecule has 0 bridgehead atoms. The summed E-state index contributed by atoms with van der Waals surface area (Å²) in [5.74, 6) is 1.52. The standard InChI is InChI=1S/C19H23N3O3/c1-13(15-4-3-5-16(11-15)24-2)10-19(23)20-18-12-17(21-22-18)14-6-8-25-9-7-14/h3-5,10-12,14H,6-9H2,1-2H3,(H2,20,21,22,23). The van der Waals surface area contributed by atoms with Gasteiger partial charge in [0.15, 0.2) is 5.82 Å². The Bertz CT molecular complexity index is 761. The molecule has 3 rings (SSSR count). The number of carbonyl (C=O) groups excluding carboxylic acids is 1. The van der Waals surface area contributed by atoms with E-state index in [2.05, 4.69) is 15.5 Å². The van der Waals surface area contributed by atoms with Crippen molar-refractivity contribution in [2.45, 2.75) is 25.7 Å². The van der Waals surface area contributed by atoms with Crippen molar-refractivity contribution in [2.75, 3.05) is 25.6 Å². The van der Waals surface area contributed by atoms with Gasteiger partial charge in [0.2, 0.25) is 5.91 Å². The number of rotatable bonds is 5. The van der Waals surface area contributed by atoms with Crippen LogP contribution in [0.1, 0.15) is 36.9 Å². The third-order valence-electron chi connectivity index (χ3n) is 4.38. The molecule has 25 heavy (non-hydrogen) atoms. The Labute approximate surface area is 147 Å². The normalized spacial score (nSPS) is 15.8. The van der Waals surface area contributed by atoms with Crippen molar-refractivity contribution in [1.29, 1.82) is 0 Å². The van der Waals surface area contributed by atoms with Crippen LogP contribution in [0.25, 0.3) is 5.57 Å². The predicted molar refractivity (Wildman–Crippen MR) is 96.7 cm³/mol. The summed E-state index contributed by atoms with van der Waals surface area (Å²) in [5, 5.41) is 10.0. The summed E-state index contributed by atoms with van der Waals surface area (Å²) < 4.78 is 10.6. The third-order valence-corrected chi connectivity index (χ3v) is 4.38. The number of hydrogen-bond acceptors (Lipinski definition) is 4. The van der Waals surface area contributed by atoms with Gasteiger partial charge in [0.05, 0.1) is 7.11 Å². The van der Waals surface area contributed by atoms with Crippen LogP contribution in [0.15, 0.2) is 36.4 Å². The summed E-state index contributed by atoms with van der Waals surface area (Å²) >= 11 is 0. The van der Waals surface area contributed by atoms with E-state index in [0.717, 1.165) is 48.6 Å². The zero-order chi connectivity index (χ0) is 17.6. The number of nitrogens with one attached hydrogen (secondary N) is 2. The molecule has 6 nitrogen and oxygen atoms in total. The molecular weight excluding hydrogens is 318 g/mol. The number of hydrogen-bond donors (Lipinski definition) is 2. The van der Waals surface area contributed by atoms with Gasteiger partial charge in [-0.25, -0.2) is 0 Å². The van der Waals surface area contributed by atoms with E-state index >= 15 is 0 Å². The number of aromatic nitrogens is 2. The molecule has 0 aliphatic carbocycles. The number of benzene rings is 1. The second kappa shape index (κ2) is 7.98. The van der Waals surface area contributed by atoms with Gasteiger partial charge < -0.3 is 14.8 Å². The second-order valence-electron chi connectivity index (χ2n) is 6.14. The van der Waals surface area contributed by atoms with Crippen LogP contribution < -0.4 is 10.1 Å². The van der Waals surface area contributed by atoms with E-state index in [1.807, 2.05) is 37.3 Å². The van der Waals surface area contributed by atoms with Crippen molar-refractivity contribution in [2.24, 2.45) is 0 Å². The van der Waals surface area contributed by atoms with Crippen LogP contribution in [-0.2, 0) is 9.53 Å². The van der Waals surface area contributed by atoms with Crippen LogP contribution in [0, 0.1) is 0 Å².